The van der Waals surface area contributed by atoms with Gasteiger partial charge in [-0.1, -0.05) is 6.07 Å². The molecule has 114 valence electrons. The molecule has 5 heteroatoms. The van der Waals surface area contributed by atoms with E-state index in [1.165, 1.54) is 6.42 Å². The molecule has 1 aromatic carbocycles. The van der Waals surface area contributed by atoms with Crippen LogP contribution in [0.1, 0.15) is 41.2 Å². The number of likely N-dealkylation sites (N-methyl/N-ethyl adjacent to an activating group) is 1. The van der Waals surface area contributed by atoms with Crippen molar-refractivity contribution in [2.45, 2.75) is 31.4 Å². The topological polar surface area (TPSA) is 59.6 Å². The first-order valence-corrected chi connectivity index (χ1v) is 7.63. The van der Waals surface area contributed by atoms with Crippen LogP contribution < -0.4 is 15.4 Å². The summed E-state index contributed by atoms with van der Waals surface area (Å²) in [5.74, 6) is 0.594. The number of nitrogens with one attached hydrogen (secondary N) is 2. The molecule has 0 spiro atoms. The lowest BCUT2D eigenvalue weighted by Crippen LogP contribution is -2.34. The molecule has 21 heavy (non-hydrogen) atoms. The van der Waals surface area contributed by atoms with Crippen molar-refractivity contribution in [3.8, 4) is 5.75 Å². The summed E-state index contributed by atoms with van der Waals surface area (Å²) in [6, 6.07) is 5.95. The molecule has 2 atom stereocenters. The van der Waals surface area contributed by atoms with Crippen LogP contribution in [0.4, 0.5) is 0 Å². The summed E-state index contributed by atoms with van der Waals surface area (Å²) in [7, 11) is 1.94. The molecule has 1 aromatic rings. The first-order valence-electron chi connectivity index (χ1n) is 7.63. The molecule has 5 nitrogen and oxygen atoms in total. The minimum atomic E-state index is -0.0660. The molecule has 2 heterocycles. The summed E-state index contributed by atoms with van der Waals surface area (Å²) in [5, 5.41) is 6.18. The average Bonchev–Trinajstić information content (AvgIpc) is 2.71. The van der Waals surface area contributed by atoms with Crippen molar-refractivity contribution in [1.82, 2.24) is 10.6 Å². The zero-order chi connectivity index (χ0) is 14.7. The number of carbonyl (C=O) groups excluding carboxylic acids is 1. The van der Waals surface area contributed by atoms with Gasteiger partial charge in [0.05, 0.1) is 24.3 Å². The van der Waals surface area contributed by atoms with Crippen LogP contribution in [-0.2, 0) is 4.74 Å². The van der Waals surface area contributed by atoms with Gasteiger partial charge >= 0.3 is 0 Å². The van der Waals surface area contributed by atoms with E-state index >= 15 is 0 Å². The number of hydrogen-bond acceptors (Lipinski definition) is 4. The highest BCUT2D eigenvalue weighted by Gasteiger charge is 2.26. The van der Waals surface area contributed by atoms with Crippen molar-refractivity contribution >= 4 is 5.91 Å². The normalized spacial score (nSPS) is 23.5. The Morgan fingerprint density at radius 3 is 3.00 bits per heavy atom. The van der Waals surface area contributed by atoms with E-state index in [2.05, 4.69) is 10.6 Å². The molecule has 0 aliphatic carbocycles. The van der Waals surface area contributed by atoms with Crippen molar-refractivity contribution < 1.29 is 14.3 Å². The molecule has 2 aliphatic rings. The molecular weight excluding hydrogens is 268 g/mol. The number of carbonyl (C=O) groups is 1. The molecule has 1 fully saturated rings. The molecule has 0 radical (unpaired) electrons. The fourth-order valence-electron chi connectivity index (χ4n) is 3.06. The van der Waals surface area contributed by atoms with Crippen LogP contribution >= 0.6 is 0 Å². The van der Waals surface area contributed by atoms with Crippen molar-refractivity contribution in [3.05, 3.63) is 29.3 Å². The minimum absolute atomic E-state index is 0.0660. The van der Waals surface area contributed by atoms with Gasteiger partial charge < -0.3 is 20.1 Å². The van der Waals surface area contributed by atoms with Crippen LogP contribution in [0, 0.1) is 0 Å². The number of ether oxygens (including phenoxy) is 2. The first-order chi connectivity index (χ1) is 10.3. The maximum Gasteiger partial charge on any atom is 0.255 e. The lowest BCUT2D eigenvalue weighted by molar-refractivity contribution is -0.00664. The van der Waals surface area contributed by atoms with E-state index in [4.69, 9.17) is 9.47 Å². The Hall–Kier alpha value is -1.59. The number of fused-ring (bicyclic) bond motifs is 1. The van der Waals surface area contributed by atoms with Gasteiger partial charge in [-0.2, -0.15) is 0 Å². The second kappa shape index (κ2) is 6.45. The van der Waals surface area contributed by atoms with Gasteiger partial charge in [0.15, 0.2) is 0 Å². The predicted octanol–water partition coefficient (Wildman–Crippen LogP) is 1.64. The SMILES string of the molecule is CNC(c1ccc2c(c1)C(=O)NCCO2)C1CCCCO1. The van der Waals surface area contributed by atoms with Crippen LogP contribution in [0.2, 0.25) is 0 Å². The lowest BCUT2D eigenvalue weighted by Gasteiger charge is -2.30. The van der Waals surface area contributed by atoms with Crippen molar-refractivity contribution in [3.63, 3.8) is 0 Å². The average molecular weight is 290 g/mol. The van der Waals surface area contributed by atoms with Crippen molar-refractivity contribution in [1.29, 1.82) is 0 Å². The second-order valence-corrected chi connectivity index (χ2v) is 5.53. The van der Waals surface area contributed by atoms with Gasteiger partial charge in [-0.15, -0.1) is 0 Å². The third kappa shape index (κ3) is 3.04. The van der Waals surface area contributed by atoms with Crippen LogP contribution in [0.15, 0.2) is 18.2 Å². The van der Waals surface area contributed by atoms with Gasteiger partial charge in [-0.25, -0.2) is 0 Å². The number of benzene rings is 1. The summed E-state index contributed by atoms with van der Waals surface area (Å²) in [5.41, 5.74) is 1.69. The molecule has 0 saturated carbocycles. The molecule has 0 aromatic heterocycles. The minimum Gasteiger partial charge on any atom is -0.491 e. The van der Waals surface area contributed by atoms with Crippen molar-refractivity contribution in [2.75, 3.05) is 26.8 Å². The third-order valence-electron chi connectivity index (χ3n) is 4.15. The van der Waals surface area contributed by atoms with Crippen LogP contribution in [0.3, 0.4) is 0 Å². The monoisotopic (exact) mass is 290 g/mol. The van der Waals surface area contributed by atoms with Gasteiger partial charge in [0.2, 0.25) is 0 Å². The quantitative estimate of drug-likeness (QED) is 0.888. The Morgan fingerprint density at radius 1 is 1.33 bits per heavy atom. The largest absolute Gasteiger partial charge is 0.491 e. The van der Waals surface area contributed by atoms with E-state index < -0.39 is 0 Å². The molecule has 2 aliphatic heterocycles. The Labute approximate surface area is 125 Å². The van der Waals surface area contributed by atoms with Crippen LogP contribution in [0.5, 0.6) is 5.75 Å². The molecular formula is C16H22N2O3. The Kier molecular flexibility index (Phi) is 4.41. The lowest BCUT2D eigenvalue weighted by atomic mass is 9.94. The van der Waals surface area contributed by atoms with E-state index in [0.29, 0.717) is 24.5 Å². The second-order valence-electron chi connectivity index (χ2n) is 5.53. The summed E-state index contributed by atoms with van der Waals surface area (Å²) >= 11 is 0. The highest BCUT2D eigenvalue weighted by atomic mass is 16.5. The number of hydrogen-bond donors (Lipinski definition) is 2. The first kappa shape index (κ1) is 14.4. The van der Waals surface area contributed by atoms with E-state index in [1.54, 1.807) is 0 Å². The Bertz CT molecular complexity index is 512. The maximum atomic E-state index is 12.1. The third-order valence-corrected chi connectivity index (χ3v) is 4.15. The van der Waals surface area contributed by atoms with E-state index in [-0.39, 0.29) is 18.1 Å². The van der Waals surface area contributed by atoms with E-state index in [1.807, 2.05) is 25.2 Å². The zero-order valence-electron chi connectivity index (χ0n) is 12.4. The Balaban J connectivity index is 1.88. The van der Waals surface area contributed by atoms with E-state index in [9.17, 15) is 4.79 Å². The summed E-state index contributed by atoms with van der Waals surface area (Å²) in [4.78, 5) is 12.1. The number of amides is 1. The molecule has 3 rings (SSSR count). The molecule has 0 bridgehead atoms. The standard InChI is InChI=1S/C16H22N2O3/c1-17-15(14-4-2-3-8-20-14)11-5-6-13-12(10-11)16(19)18-7-9-21-13/h5-6,10,14-15,17H,2-4,7-9H2,1H3,(H,18,19). The smallest absolute Gasteiger partial charge is 0.255 e. The Morgan fingerprint density at radius 2 is 2.24 bits per heavy atom. The van der Waals surface area contributed by atoms with Gasteiger partial charge in [0.1, 0.15) is 12.4 Å². The van der Waals surface area contributed by atoms with Crippen LogP contribution in [-0.4, -0.2) is 38.8 Å². The molecule has 2 N–H and O–H groups in total. The van der Waals surface area contributed by atoms with E-state index in [0.717, 1.165) is 25.0 Å². The molecule has 2 unspecified atom stereocenters. The zero-order valence-corrected chi connectivity index (χ0v) is 12.4. The highest BCUT2D eigenvalue weighted by molar-refractivity contribution is 5.97. The van der Waals surface area contributed by atoms with Crippen LogP contribution in [0.25, 0.3) is 0 Å². The van der Waals surface area contributed by atoms with Gasteiger partial charge in [0.25, 0.3) is 5.91 Å². The van der Waals surface area contributed by atoms with Gasteiger partial charge in [-0.3, -0.25) is 4.79 Å². The van der Waals surface area contributed by atoms with Gasteiger partial charge in [0, 0.05) is 6.61 Å². The summed E-state index contributed by atoms with van der Waals surface area (Å²) in [6.45, 7) is 1.88. The fraction of sp³-hybridized carbons (Fsp3) is 0.562. The summed E-state index contributed by atoms with van der Waals surface area (Å²) < 4.78 is 11.5. The molecule has 1 amide bonds. The predicted molar refractivity (Wildman–Crippen MR) is 79.7 cm³/mol. The highest BCUT2D eigenvalue weighted by Crippen LogP contribution is 2.30. The fourth-order valence-corrected chi connectivity index (χ4v) is 3.06. The van der Waals surface area contributed by atoms with Gasteiger partial charge in [-0.05, 0) is 44.0 Å². The number of rotatable bonds is 3. The maximum absolute atomic E-state index is 12.1. The molecule has 1 saturated heterocycles. The van der Waals surface area contributed by atoms with Crippen molar-refractivity contribution in [2.24, 2.45) is 0 Å². The summed E-state index contributed by atoms with van der Waals surface area (Å²) in [6.07, 6.45) is 3.53.